The first-order valence-corrected chi connectivity index (χ1v) is 4.27. The minimum Gasteiger partial charge on any atom is -0.384 e. The van der Waals surface area contributed by atoms with E-state index in [1.54, 1.807) is 12.4 Å². The molecule has 2 aromatic rings. The van der Waals surface area contributed by atoms with Crippen LogP contribution in [0.15, 0.2) is 18.5 Å². The van der Waals surface area contributed by atoms with Crippen LogP contribution in [-0.4, -0.2) is 14.5 Å². The summed E-state index contributed by atoms with van der Waals surface area (Å²) in [6, 6.07) is 4.01. The lowest BCUT2D eigenvalue weighted by Crippen LogP contribution is -2.00. The third kappa shape index (κ3) is 1.24. The molecule has 0 spiro atoms. The number of fused-ring (bicyclic) bond motifs is 1. The maximum absolute atomic E-state index is 5.60. The van der Waals surface area contributed by atoms with Crippen LogP contribution < -0.4 is 5.73 Å². The summed E-state index contributed by atoms with van der Waals surface area (Å²) >= 11 is 0. The summed E-state index contributed by atoms with van der Waals surface area (Å²) < 4.78 is 2.01. The molecule has 13 heavy (non-hydrogen) atoms. The molecule has 0 unspecified atom stereocenters. The topological polar surface area (TPSA) is 56.7 Å². The molecule has 68 valence electrons. The molecule has 2 rings (SSSR count). The van der Waals surface area contributed by atoms with E-state index >= 15 is 0 Å². The Morgan fingerprint density at radius 1 is 1.38 bits per heavy atom. The van der Waals surface area contributed by atoms with Crippen molar-refractivity contribution in [2.24, 2.45) is 0 Å². The normalized spacial score (nSPS) is 11.3. The number of imidazole rings is 1. The van der Waals surface area contributed by atoms with Gasteiger partial charge in [0.15, 0.2) is 5.65 Å². The lowest BCUT2D eigenvalue weighted by atomic mass is 10.3. The lowest BCUT2D eigenvalue weighted by Gasteiger charge is -2.06. The van der Waals surface area contributed by atoms with E-state index < -0.39 is 0 Å². The highest BCUT2D eigenvalue weighted by Gasteiger charge is 2.06. The monoisotopic (exact) mass is 176 g/mol. The van der Waals surface area contributed by atoms with E-state index in [0.29, 0.717) is 11.9 Å². The molecule has 4 heteroatoms. The molecule has 0 aliphatic heterocycles. The van der Waals surface area contributed by atoms with E-state index in [1.807, 2.05) is 10.6 Å². The van der Waals surface area contributed by atoms with E-state index in [4.69, 9.17) is 5.73 Å². The van der Waals surface area contributed by atoms with Crippen LogP contribution in [0.1, 0.15) is 19.9 Å². The summed E-state index contributed by atoms with van der Waals surface area (Å²) in [7, 11) is 0. The molecular formula is C9H12N4. The smallest absolute Gasteiger partial charge is 0.162 e. The first kappa shape index (κ1) is 8.04. The Bertz CT molecular complexity index is 430. The quantitative estimate of drug-likeness (QED) is 0.717. The molecule has 0 fully saturated rings. The molecular weight excluding hydrogens is 164 g/mol. The molecule has 0 bridgehead atoms. The van der Waals surface area contributed by atoms with Crippen molar-refractivity contribution in [1.29, 1.82) is 0 Å². The molecule has 0 saturated carbocycles. The maximum Gasteiger partial charge on any atom is 0.162 e. The highest BCUT2D eigenvalue weighted by molar-refractivity contribution is 5.72. The van der Waals surface area contributed by atoms with E-state index in [2.05, 4.69) is 23.8 Å². The molecule has 0 aliphatic rings. The zero-order valence-electron chi connectivity index (χ0n) is 7.73. The van der Waals surface area contributed by atoms with Gasteiger partial charge in [0.25, 0.3) is 0 Å². The molecule has 0 atom stereocenters. The second-order valence-corrected chi connectivity index (χ2v) is 3.32. The molecule has 0 aliphatic carbocycles. The summed E-state index contributed by atoms with van der Waals surface area (Å²) in [5, 5.41) is 0. The number of nitrogen functional groups attached to an aromatic ring is 1. The van der Waals surface area contributed by atoms with Gasteiger partial charge in [-0.1, -0.05) is 0 Å². The van der Waals surface area contributed by atoms with Gasteiger partial charge >= 0.3 is 0 Å². The van der Waals surface area contributed by atoms with Gasteiger partial charge in [-0.3, -0.25) is 0 Å². The molecule has 0 amide bonds. The minimum absolute atomic E-state index is 0.360. The minimum atomic E-state index is 0.360. The van der Waals surface area contributed by atoms with Crippen molar-refractivity contribution in [2.45, 2.75) is 19.9 Å². The van der Waals surface area contributed by atoms with Crippen LogP contribution in [0.25, 0.3) is 11.2 Å². The summed E-state index contributed by atoms with van der Waals surface area (Å²) in [5.74, 6) is 0.537. The molecule has 0 saturated heterocycles. The van der Waals surface area contributed by atoms with Gasteiger partial charge in [-0.05, 0) is 26.0 Å². The van der Waals surface area contributed by atoms with Gasteiger partial charge in [-0.2, -0.15) is 0 Å². The third-order valence-electron chi connectivity index (χ3n) is 2.00. The number of nitrogens with two attached hydrogens (primary N) is 1. The number of rotatable bonds is 1. The van der Waals surface area contributed by atoms with Gasteiger partial charge in [-0.15, -0.1) is 0 Å². The number of hydrogen-bond donors (Lipinski definition) is 1. The van der Waals surface area contributed by atoms with Crippen molar-refractivity contribution in [2.75, 3.05) is 5.73 Å². The second kappa shape index (κ2) is 2.73. The van der Waals surface area contributed by atoms with E-state index in [-0.39, 0.29) is 0 Å². The van der Waals surface area contributed by atoms with Gasteiger partial charge in [0.2, 0.25) is 0 Å². The summed E-state index contributed by atoms with van der Waals surface area (Å²) in [5.41, 5.74) is 7.35. The van der Waals surface area contributed by atoms with Gasteiger partial charge in [-0.25, -0.2) is 9.97 Å². The number of hydrogen-bond acceptors (Lipinski definition) is 3. The molecule has 2 N–H and O–H groups in total. The maximum atomic E-state index is 5.60. The second-order valence-electron chi connectivity index (χ2n) is 3.32. The van der Waals surface area contributed by atoms with Gasteiger partial charge < -0.3 is 10.3 Å². The average Bonchev–Trinajstić information content (AvgIpc) is 2.46. The van der Waals surface area contributed by atoms with Crippen molar-refractivity contribution in [3.63, 3.8) is 0 Å². The van der Waals surface area contributed by atoms with Gasteiger partial charge in [0.1, 0.15) is 11.3 Å². The Hall–Kier alpha value is -1.58. The van der Waals surface area contributed by atoms with E-state index in [0.717, 1.165) is 11.2 Å². The Balaban J connectivity index is 2.71. The Morgan fingerprint density at radius 2 is 2.15 bits per heavy atom. The van der Waals surface area contributed by atoms with Crippen LogP contribution in [0.4, 0.5) is 5.82 Å². The Kier molecular flexibility index (Phi) is 1.69. The first-order chi connectivity index (χ1) is 6.18. The lowest BCUT2D eigenvalue weighted by molar-refractivity contribution is 0.613. The van der Waals surface area contributed by atoms with Crippen molar-refractivity contribution < 1.29 is 0 Å². The Labute approximate surface area is 76.4 Å². The van der Waals surface area contributed by atoms with Gasteiger partial charge in [0, 0.05) is 6.04 Å². The van der Waals surface area contributed by atoms with Crippen LogP contribution in [0.5, 0.6) is 0 Å². The zero-order valence-corrected chi connectivity index (χ0v) is 7.73. The van der Waals surface area contributed by atoms with Crippen molar-refractivity contribution in [3.05, 3.63) is 18.5 Å². The van der Waals surface area contributed by atoms with Crippen LogP contribution in [0.3, 0.4) is 0 Å². The average molecular weight is 176 g/mol. The molecule has 0 radical (unpaired) electrons. The zero-order chi connectivity index (χ0) is 9.42. The van der Waals surface area contributed by atoms with Crippen LogP contribution in [0.2, 0.25) is 0 Å². The highest BCUT2D eigenvalue weighted by atomic mass is 15.1. The number of pyridine rings is 1. The van der Waals surface area contributed by atoms with Crippen LogP contribution in [-0.2, 0) is 0 Å². The van der Waals surface area contributed by atoms with E-state index in [1.165, 1.54) is 0 Å². The number of aromatic nitrogens is 3. The fourth-order valence-electron chi connectivity index (χ4n) is 1.30. The fraction of sp³-hybridized carbons (Fsp3) is 0.333. The Morgan fingerprint density at radius 3 is 2.85 bits per heavy atom. The third-order valence-corrected chi connectivity index (χ3v) is 2.00. The predicted molar refractivity (Wildman–Crippen MR) is 52.3 cm³/mol. The van der Waals surface area contributed by atoms with Gasteiger partial charge in [0.05, 0.1) is 6.33 Å². The molecule has 0 aromatic carbocycles. The first-order valence-electron chi connectivity index (χ1n) is 4.27. The summed E-state index contributed by atoms with van der Waals surface area (Å²) in [4.78, 5) is 8.46. The molecule has 2 heterocycles. The number of nitrogens with zero attached hydrogens (tertiary/aromatic N) is 3. The standard InChI is InChI=1S/C9H12N4/c1-6(2)13-5-11-7-3-4-8(10)12-9(7)13/h3-6H,1-2H3,(H2,10,12). The van der Waals surface area contributed by atoms with E-state index in [9.17, 15) is 0 Å². The predicted octanol–water partition coefficient (Wildman–Crippen LogP) is 1.59. The highest BCUT2D eigenvalue weighted by Crippen LogP contribution is 2.16. The molecule has 4 nitrogen and oxygen atoms in total. The van der Waals surface area contributed by atoms with Crippen molar-refractivity contribution >= 4 is 17.0 Å². The van der Waals surface area contributed by atoms with Crippen LogP contribution >= 0.6 is 0 Å². The summed E-state index contributed by atoms with van der Waals surface area (Å²) in [6.07, 6.45) is 1.79. The fourth-order valence-corrected chi connectivity index (χ4v) is 1.30. The van der Waals surface area contributed by atoms with Crippen molar-refractivity contribution in [1.82, 2.24) is 14.5 Å². The summed E-state index contributed by atoms with van der Waals surface area (Å²) in [6.45, 7) is 4.18. The number of anilines is 1. The van der Waals surface area contributed by atoms with Crippen molar-refractivity contribution in [3.8, 4) is 0 Å². The molecule has 2 aromatic heterocycles. The SMILES string of the molecule is CC(C)n1cnc2ccc(N)nc21. The largest absolute Gasteiger partial charge is 0.384 e. The van der Waals surface area contributed by atoms with Crippen LogP contribution in [0, 0.1) is 0 Å².